The van der Waals surface area contributed by atoms with Gasteiger partial charge in [-0.05, 0) is 43.0 Å². The first-order valence-corrected chi connectivity index (χ1v) is 7.60. The largest absolute Gasteiger partial charge is 0.361 e. The van der Waals surface area contributed by atoms with Gasteiger partial charge in [0.15, 0.2) is 0 Å². The number of aromatic nitrogens is 1. The van der Waals surface area contributed by atoms with Gasteiger partial charge < -0.3 is 10.3 Å². The fourth-order valence-electron chi connectivity index (χ4n) is 2.78. The van der Waals surface area contributed by atoms with Crippen molar-refractivity contribution >= 4 is 28.4 Å². The molecule has 4 heteroatoms. The lowest BCUT2D eigenvalue weighted by Crippen LogP contribution is -2.35. The predicted octanol–water partition coefficient (Wildman–Crippen LogP) is 3.77. The second kappa shape index (κ2) is 5.13. The molecule has 2 N–H and O–H groups in total. The molecule has 0 aliphatic heterocycles. The van der Waals surface area contributed by atoms with Gasteiger partial charge in [-0.1, -0.05) is 24.9 Å². The highest BCUT2D eigenvalue weighted by atomic mass is 35.5. The average molecular weight is 291 g/mol. The molecule has 1 aromatic heterocycles. The van der Waals surface area contributed by atoms with Crippen LogP contribution in [0.2, 0.25) is 5.02 Å². The quantitative estimate of drug-likeness (QED) is 0.809. The zero-order valence-corrected chi connectivity index (χ0v) is 12.4. The maximum atomic E-state index is 12.5. The molecule has 1 amide bonds. The van der Waals surface area contributed by atoms with E-state index in [1.54, 1.807) is 0 Å². The Kier molecular flexibility index (Phi) is 3.47. The summed E-state index contributed by atoms with van der Waals surface area (Å²) in [5, 5.41) is 4.85. The van der Waals surface area contributed by atoms with Crippen LogP contribution in [0.25, 0.3) is 10.9 Å². The minimum Gasteiger partial charge on any atom is -0.361 e. The number of benzene rings is 1. The average Bonchev–Trinajstić information content (AvgIpc) is 3.14. The number of H-pyrrole nitrogens is 1. The lowest BCUT2D eigenvalue weighted by Gasteiger charge is -2.14. The van der Waals surface area contributed by atoms with Gasteiger partial charge in [-0.3, -0.25) is 4.79 Å². The summed E-state index contributed by atoms with van der Waals surface area (Å²) in [4.78, 5) is 15.7. The van der Waals surface area contributed by atoms with Crippen LogP contribution in [0.1, 0.15) is 38.2 Å². The second-order valence-corrected chi connectivity index (χ2v) is 6.02. The number of unbranched alkanes of at least 4 members (excludes halogenated alkanes) is 1. The van der Waals surface area contributed by atoms with E-state index in [4.69, 9.17) is 11.6 Å². The molecule has 0 radical (unpaired) electrons. The number of nitrogens with one attached hydrogen (secondary N) is 2. The molecule has 0 bridgehead atoms. The van der Waals surface area contributed by atoms with Crippen LogP contribution in [0.15, 0.2) is 24.4 Å². The van der Waals surface area contributed by atoms with E-state index in [-0.39, 0.29) is 11.3 Å². The third kappa shape index (κ3) is 2.20. The molecule has 3 rings (SSSR count). The van der Waals surface area contributed by atoms with Gasteiger partial charge in [0.1, 0.15) is 0 Å². The minimum absolute atomic E-state index is 0.159. The lowest BCUT2D eigenvalue weighted by atomic mass is 9.94. The standard InChI is InChI=1S/C16H19ClN2O/c1-2-3-8-18-15(20)16(6-7-16)13-10-19-14-5-4-11(17)9-12(13)14/h4-5,9-10,19H,2-3,6-8H2,1H3,(H,18,20). The monoisotopic (exact) mass is 290 g/mol. The number of rotatable bonds is 5. The number of aromatic amines is 1. The summed E-state index contributed by atoms with van der Waals surface area (Å²) in [6, 6.07) is 5.78. The number of hydrogen-bond acceptors (Lipinski definition) is 1. The fourth-order valence-corrected chi connectivity index (χ4v) is 2.95. The van der Waals surface area contributed by atoms with Gasteiger partial charge in [-0.2, -0.15) is 0 Å². The Balaban J connectivity index is 1.90. The van der Waals surface area contributed by atoms with E-state index < -0.39 is 0 Å². The lowest BCUT2D eigenvalue weighted by molar-refractivity contribution is -0.123. The molecule has 3 nitrogen and oxygen atoms in total. The van der Waals surface area contributed by atoms with Crippen LogP contribution >= 0.6 is 11.6 Å². The SMILES string of the molecule is CCCCNC(=O)C1(c2c[nH]c3ccc(Cl)cc23)CC1. The van der Waals surface area contributed by atoms with Crippen molar-refractivity contribution in [1.82, 2.24) is 10.3 Å². The first-order valence-electron chi connectivity index (χ1n) is 7.23. The van der Waals surface area contributed by atoms with E-state index in [0.29, 0.717) is 5.02 Å². The molecule has 1 aliphatic rings. The number of carbonyl (C=O) groups excluding carboxylic acids is 1. The van der Waals surface area contributed by atoms with Gasteiger partial charge in [0, 0.05) is 28.7 Å². The number of amides is 1. The van der Waals surface area contributed by atoms with E-state index >= 15 is 0 Å². The highest BCUT2D eigenvalue weighted by molar-refractivity contribution is 6.31. The molecule has 20 heavy (non-hydrogen) atoms. The first kappa shape index (κ1) is 13.5. The minimum atomic E-state index is -0.337. The Bertz CT molecular complexity index is 643. The maximum Gasteiger partial charge on any atom is 0.230 e. The first-order chi connectivity index (χ1) is 9.67. The number of hydrogen-bond donors (Lipinski definition) is 2. The van der Waals surface area contributed by atoms with Crippen LogP contribution in [0, 0.1) is 0 Å². The van der Waals surface area contributed by atoms with Gasteiger partial charge in [-0.15, -0.1) is 0 Å². The molecule has 0 atom stereocenters. The van der Waals surface area contributed by atoms with Crippen LogP contribution in [-0.2, 0) is 10.2 Å². The van der Waals surface area contributed by atoms with Crippen molar-refractivity contribution in [2.75, 3.05) is 6.54 Å². The zero-order chi connectivity index (χ0) is 14.2. The molecule has 1 aliphatic carbocycles. The maximum absolute atomic E-state index is 12.5. The summed E-state index contributed by atoms with van der Waals surface area (Å²) in [5.41, 5.74) is 1.79. The fraction of sp³-hybridized carbons (Fsp3) is 0.438. The summed E-state index contributed by atoms with van der Waals surface area (Å²) in [6.07, 6.45) is 5.93. The van der Waals surface area contributed by atoms with Gasteiger partial charge in [0.05, 0.1) is 5.41 Å². The molecular weight excluding hydrogens is 272 g/mol. The molecule has 1 aromatic carbocycles. The Morgan fingerprint density at radius 1 is 1.45 bits per heavy atom. The summed E-state index contributed by atoms with van der Waals surface area (Å²) >= 11 is 6.09. The van der Waals surface area contributed by atoms with E-state index in [2.05, 4.69) is 17.2 Å². The van der Waals surface area contributed by atoms with Crippen LogP contribution in [0.5, 0.6) is 0 Å². The van der Waals surface area contributed by atoms with Crippen LogP contribution in [-0.4, -0.2) is 17.4 Å². The van der Waals surface area contributed by atoms with Gasteiger partial charge in [-0.25, -0.2) is 0 Å². The Morgan fingerprint density at radius 3 is 2.95 bits per heavy atom. The number of fused-ring (bicyclic) bond motifs is 1. The van der Waals surface area contributed by atoms with Crippen LogP contribution in [0.3, 0.4) is 0 Å². The second-order valence-electron chi connectivity index (χ2n) is 5.58. The van der Waals surface area contributed by atoms with Gasteiger partial charge in [0.2, 0.25) is 5.91 Å². The summed E-state index contributed by atoms with van der Waals surface area (Å²) in [6.45, 7) is 2.89. The third-order valence-electron chi connectivity index (χ3n) is 4.16. The molecule has 0 unspecified atom stereocenters. The Hall–Kier alpha value is -1.48. The van der Waals surface area contributed by atoms with Gasteiger partial charge in [0.25, 0.3) is 0 Å². The molecule has 1 fully saturated rings. The summed E-state index contributed by atoms with van der Waals surface area (Å²) in [7, 11) is 0. The van der Waals surface area contributed by atoms with Crippen molar-refractivity contribution in [2.45, 2.75) is 38.0 Å². The van der Waals surface area contributed by atoms with E-state index in [0.717, 1.165) is 48.7 Å². The molecule has 0 saturated heterocycles. The van der Waals surface area contributed by atoms with Crippen LogP contribution in [0.4, 0.5) is 0 Å². The number of halogens is 1. The Labute approximate surface area is 123 Å². The van der Waals surface area contributed by atoms with Crippen molar-refractivity contribution in [3.05, 3.63) is 35.0 Å². The van der Waals surface area contributed by atoms with Crippen molar-refractivity contribution in [1.29, 1.82) is 0 Å². The molecular formula is C16H19ClN2O. The number of carbonyl (C=O) groups is 1. The normalized spacial score (nSPS) is 16.3. The molecule has 1 saturated carbocycles. The molecule has 106 valence electrons. The topological polar surface area (TPSA) is 44.9 Å². The Morgan fingerprint density at radius 2 is 2.25 bits per heavy atom. The van der Waals surface area contributed by atoms with E-state index in [9.17, 15) is 4.79 Å². The van der Waals surface area contributed by atoms with Crippen molar-refractivity contribution in [3.8, 4) is 0 Å². The highest BCUT2D eigenvalue weighted by Gasteiger charge is 2.52. The van der Waals surface area contributed by atoms with Crippen molar-refractivity contribution in [3.63, 3.8) is 0 Å². The summed E-state index contributed by atoms with van der Waals surface area (Å²) < 4.78 is 0. The van der Waals surface area contributed by atoms with Crippen molar-refractivity contribution in [2.24, 2.45) is 0 Å². The van der Waals surface area contributed by atoms with Crippen LogP contribution < -0.4 is 5.32 Å². The molecule has 1 heterocycles. The zero-order valence-electron chi connectivity index (χ0n) is 11.6. The third-order valence-corrected chi connectivity index (χ3v) is 4.39. The van der Waals surface area contributed by atoms with Gasteiger partial charge >= 0.3 is 0 Å². The smallest absolute Gasteiger partial charge is 0.230 e. The van der Waals surface area contributed by atoms with Crippen molar-refractivity contribution < 1.29 is 4.79 Å². The predicted molar refractivity (Wildman–Crippen MR) is 82.1 cm³/mol. The van der Waals surface area contributed by atoms with E-state index in [1.165, 1.54) is 0 Å². The molecule has 2 aromatic rings. The summed E-state index contributed by atoms with van der Waals surface area (Å²) in [5.74, 6) is 0.159. The van der Waals surface area contributed by atoms with E-state index in [1.807, 2.05) is 24.4 Å². The highest BCUT2D eigenvalue weighted by Crippen LogP contribution is 2.50. The molecule has 0 spiro atoms.